The molecule has 2 rings (SSSR count). The number of alkyl carbamates (subject to hydrolysis) is 1. The molecular formula is C16H30N2O3. The molecule has 2 N–H and O–H groups in total. The van der Waals surface area contributed by atoms with Gasteiger partial charge in [-0.3, -0.25) is 0 Å². The smallest absolute Gasteiger partial charge is 0.407 e. The first-order chi connectivity index (χ1) is 9.71. The minimum atomic E-state index is -0.391. The van der Waals surface area contributed by atoms with Gasteiger partial charge in [0, 0.05) is 30.0 Å². The van der Waals surface area contributed by atoms with Crippen LogP contribution in [0.1, 0.15) is 72.6 Å². The van der Waals surface area contributed by atoms with Gasteiger partial charge in [-0.15, -0.1) is 0 Å². The standard InChI is InChI=1S/C16H30N2O3/c1-15(2)10-13(11-16(3,4)18(15)20)21-14(19)17-12-8-6-5-7-9-12/h12-13,20H,5-11H2,1-4H3,(H,17,19). The zero-order valence-electron chi connectivity index (χ0n) is 13.8. The number of nitrogens with zero attached hydrogens (tertiary/aromatic N) is 1. The Hall–Kier alpha value is -0.810. The maximum absolute atomic E-state index is 12.1. The summed E-state index contributed by atoms with van der Waals surface area (Å²) >= 11 is 0. The molecule has 5 heteroatoms. The van der Waals surface area contributed by atoms with Crippen molar-refractivity contribution in [1.82, 2.24) is 10.4 Å². The van der Waals surface area contributed by atoms with Crippen LogP contribution in [-0.4, -0.2) is 39.6 Å². The van der Waals surface area contributed by atoms with Crippen LogP contribution in [0.5, 0.6) is 0 Å². The van der Waals surface area contributed by atoms with E-state index in [0.717, 1.165) is 12.8 Å². The predicted molar refractivity (Wildman–Crippen MR) is 81.3 cm³/mol. The molecule has 0 aromatic heterocycles. The summed E-state index contributed by atoms with van der Waals surface area (Å²) in [5, 5.41) is 14.7. The van der Waals surface area contributed by atoms with E-state index in [9.17, 15) is 10.0 Å². The number of hydrogen-bond acceptors (Lipinski definition) is 4. The molecule has 2 fully saturated rings. The lowest BCUT2D eigenvalue weighted by Crippen LogP contribution is -2.61. The van der Waals surface area contributed by atoms with Gasteiger partial charge in [0.25, 0.3) is 0 Å². The normalized spacial score (nSPS) is 27.3. The minimum absolute atomic E-state index is 0.151. The Morgan fingerprint density at radius 3 is 2.14 bits per heavy atom. The number of piperidine rings is 1. The lowest BCUT2D eigenvalue weighted by atomic mass is 9.80. The highest BCUT2D eigenvalue weighted by Crippen LogP contribution is 2.37. The molecule has 0 unspecified atom stereocenters. The van der Waals surface area contributed by atoms with Gasteiger partial charge in [-0.2, -0.15) is 5.06 Å². The van der Waals surface area contributed by atoms with Crippen LogP contribution in [0.4, 0.5) is 4.79 Å². The highest BCUT2D eigenvalue weighted by atomic mass is 16.6. The lowest BCUT2D eigenvalue weighted by molar-refractivity contribution is -0.256. The van der Waals surface area contributed by atoms with Gasteiger partial charge in [0.05, 0.1) is 0 Å². The number of rotatable bonds is 2. The van der Waals surface area contributed by atoms with Crippen LogP contribution in [-0.2, 0) is 4.74 Å². The average molecular weight is 298 g/mol. The Labute approximate surface area is 128 Å². The van der Waals surface area contributed by atoms with Crippen LogP contribution in [0.25, 0.3) is 0 Å². The van der Waals surface area contributed by atoms with E-state index in [1.165, 1.54) is 24.3 Å². The second-order valence-corrected chi connectivity index (χ2v) is 7.85. The van der Waals surface area contributed by atoms with Gasteiger partial charge in [0.2, 0.25) is 0 Å². The summed E-state index contributed by atoms with van der Waals surface area (Å²) in [6.45, 7) is 7.90. The average Bonchev–Trinajstić information content (AvgIpc) is 2.36. The molecule has 0 aromatic carbocycles. The number of nitrogens with one attached hydrogen (secondary N) is 1. The number of hydroxylamine groups is 2. The van der Waals surface area contributed by atoms with Crippen molar-refractivity contribution in [3.8, 4) is 0 Å². The van der Waals surface area contributed by atoms with Crippen molar-refractivity contribution < 1.29 is 14.7 Å². The summed E-state index contributed by atoms with van der Waals surface area (Å²) in [6.07, 6.45) is 6.59. The molecule has 2 aliphatic rings. The SMILES string of the molecule is CC1(C)CC(OC(=O)NC2CCCCC2)CC(C)(C)N1O. The van der Waals surface area contributed by atoms with Gasteiger partial charge < -0.3 is 15.3 Å². The number of hydrogen-bond donors (Lipinski definition) is 2. The first-order valence-corrected chi connectivity index (χ1v) is 8.17. The molecule has 0 atom stereocenters. The quantitative estimate of drug-likeness (QED) is 0.819. The Morgan fingerprint density at radius 2 is 1.62 bits per heavy atom. The van der Waals surface area contributed by atoms with Crippen LogP contribution in [0.15, 0.2) is 0 Å². The Morgan fingerprint density at radius 1 is 1.10 bits per heavy atom. The third kappa shape index (κ3) is 4.10. The van der Waals surface area contributed by atoms with Crippen molar-refractivity contribution in [2.24, 2.45) is 0 Å². The summed E-state index contributed by atoms with van der Waals surface area (Å²) < 4.78 is 5.63. The second-order valence-electron chi connectivity index (χ2n) is 7.85. The summed E-state index contributed by atoms with van der Waals surface area (Å²) in [7, 11) is 0. The van der Waals surface area contributed by atoms with Crippen molar-refractivity contribution in [3.63, 3.8) is 0 Å². The molecule has 1 heterocycles. The maximum Gasteiger partial charge on any atom is 0.407 e. The van der Waals surface area contributed by atoms with E-state index in [0.29, 0.717) is 12.8 Å². The second kappa shape index (κ2) is 6.13. The Bertz CT molecular complexity index is 358. The van der Waals surface area contributed by atoms with E-state index in [2.05, 4.69) is 5.32 Å². The van der Waals surface area contributed by atoms with E-state index in [-0.39, 0.29) is 18.2 Å². The molecule has 1 saturated heterocycles. The van der Waals surface area contributed by atoms with Gasteiger partial charge in [0.1, 0.15) is 6.10 Å². The highest BCUT2D eigenvalue weighted by Gasteiger charge is 2.46. The summed E-state index contributed by atoms with van der Waals surface area (Å²) in [6, 6.07) is 0.269. The highest BCUT2D eigenvalue weighted by molar-refractivity contribution is 5.67. The molecule has 1 aliphatic carbocycles. The molecule has 0 spiro atoms. The number of carbonyl (C=O) groups excluding carboxylic acids is 1. The van der Waals surface area contributed by atoms with Crippen molar-refractivity contribution in [3.05, 3.63) is 0 Å². The molecule has 21 heavy (non-hydrogen) atoms. The van der Waals surface area contributed by atoms with Crippen LogP contribution >= 0.6 is 0 Å². The predicted octanol–water partition coefficient (Wildman–Crippen LogP) is 3.46. The molecule has 122 valence electrons. The van der Waals surface area contributed by atoms with E-state index in [1.807, 2.05) is 27.7 Å². The van der Waals surface area contributed by atoms with Crippen molar-refractivity contribution in [2.45, 2.75) is 95.9 Å². The minimum Gasteiger partial charge on any atom is -0.446 e. The van der Waals surface area contributed by atoms with E-state index >= 15 is 0 Å². The molecule has 0 aromatic rings. The molecule has 1 aliphatic heterocycles. The van der Waals surface area contributed by atoms with E-state index in [4.69, 9.17) is 4.74 Å². The molecule has 5 nitrogen and oxygen atoms in total. The molecular weight excluding hydrogens is 268 g/mol. The molecule has 0 bridgehead atoms. The Balaban J connectivity index is 1.88. The summed E-state index contributed by atoms with van der Waals surface area (Å²) in [5.74, 6) is 0. The fourth-order valence-corrected chi connectivity index (χ4v) is 3.86. The molecule has 0 radical (unpaired) electrons. The van der Waals surface area contributed by atoms with E-state index < -0.39 is 11.1 Å². The van der Waals surface area contributed by atoms with Crippen molar-refractivity contribution >= 4 is 6.09 Å². The first kappa shape index (κ1) is 16.6. The van der Waals surface area contributed by atoms with Crippen LogP contribution in [0.2, 0.25) is 0 Å². The lowest BCUT2D eigenvalue weighted by Gasteiger charge is -2.50. The monoisotopic (exact) mass is 298 g/mol. The fraction of sp³-hybridized carbons (Fsp3) is 0.938. The number of ether oxygens (including phenoxy) is 1. The van der Waals surface area contributed by atoms with Crippen LogP contribution in [0, 0.1) is 0 Å². The van der Waals surface area contributed by atoms with Crippen molar-refractivity contribution in [1.29, 1.82) is 0 Å². The number of carbonyl (C=O) groups is 1. The third-order valence-electron chi connectivity index (χ3n) is 4.80. The van der Waals surface area contributed by atoms with E-state index in [1.54, 1.807) is 0 Å². The summed E-state index contributed by atoms with van der Waals surface area (Å²) in [5.41, 5.74) is -0.783. The van der Waals surface area contributed by atoms with Gasteiger partial charge >= 0.3 is 6.09 Å². The zero-order valence-corrected chi connectivity index (χ0v) is 13.8. The fourth-order valence-electron chi connectivity index (χ4n) is 3.86. The van der Waals surface area contributed by atoms with Gasteiger partial charge in [-0.05, 0) is 40.5 Å². The van der Waals surface area contributed by atoms with Gasteiger partial charge in [-0.1, -0.05) is 19.3 Å². The molecule has 1 amide bonds. The van der Waals surface area contributed by atoms with Gasteiger partial charge in [-0.25, -0.2) is 4.79 Å². The first-order valence-electron chi connectivity index (χ1n) is 8.17. The largest absolute Gasteiger partial charge is 0.446 e. The zero-order chi connectivity index (χ0) is 15.7. The number of amides is 1. The van der Waals surface area contributed by atoms with Crippen LogP contribution < -0.4 is 5.32 Å². The summed E-state index contributed by atoms with van der Waals surface area (Å²) in [4.78, 5) is 12.1. The topological polar surface area (TPSA) is 61.8 Å². The molecule has 1 saturated carbocycles. The van der Waals surface area contributed by atoms with Gasteiger partial charge in [0.15, 0.2) is 0 Å². The third-order valence-corrected chi connectivity index (χ3v) is 4.80. The Kier molecular flexibility index (Phi) is 4.83. The van der Waals surface area contributed by atoms with Crippen LogP contribution in [0.3, 0.4) is 0 Å². The van der Waals surface area contributed by atoms with Crippen molar-refractivity contribution in [2.75, 3.05) is 0 Å². The maximum atomic E-state index is 12.1.